The van der Waals surface area contributed by atoms with Crippen LogP contribution in [-0.2, 0) is 6.54 Å². The van der Waals surface area contributed by atoms with E-state index in [2.05, 4.69) is 35.9 Å². The van der Waals surface area contributed by atoms with Crippen LogP contribution in [0, 0.1) is 11.8 Å². The van der Waals surface area contributed by atoms with Crippen molar-refractivity contribution in [3.63, 3.8) is 0 Å². The van der Waals surface area contributed by atoms with Crippen molar-refractivity contribution in [1.82, 2.24) is 9.88 Å². The Morgan fingerprint density at radius 3 is 2.55 bits per heavy atom. The quantitative estimate of drug-likeness (QED) is 0.849. The summed E-state index contributed by atoms with van der Waals surface area (Å²) in [5.41, 5.74) is 1.09. The highest BCUT2D eigenvalue weighted by Gasteiger charge is 2.23. The number of nitrogens with zero attached hydrogens (tertiary/aromatic N) is 2. The molecule has 1 saturated heterocycles. The number of likely N-dealkylation sites (tertiary alicyclic amines) is 1. The number of rotatable bonds is 3. The number of hydrogen-bond donors (Lipinski definition) is 0. The fraction of sp³-hybridized carbons (Fsp3) is 0.471. The number of piperidine rings is 1. The smallest absolute Gasteiger partial charge is 0.209 e. The molecule has 106 valence electrons. The number of benzene rings is 1. The number of aromatic nitrogens is 1. The summed E-state index contributed by atoms with van der Waals surface area (Å²) in [5.74, 6) is 3.22. The van der Waals surface area contributed by atoms with E-state index in [-0.39, 0.29) is 0 Å². The summed E-state index contributed by atoms with van der Waals surface area (Å²) in [5, 5.41) is 0. The molecule has 2 heterocycles. The van der Waals surface area contributed by atoms with E-state index in [1.807, 2.05) is 24.4 Å². The molecule has 0 radical (unpaired) electrons. The van der Waals surface area contributed by atoms with E-state index < -0.39 is 0 Å². The van der Waals surface area contributed by atoms with Gasteiger partial charge in [-0.25, -0.2) is 4.98 Å². The molecule has 0 N–H and O–H groups in total. The molecule has 1 aliphatic heterocycles. The van der Waals surface area contributed by atoms with E-state index in [1.165, 1.54) is 6.42 Å². The van der Waals surface area contributed by atoms with E-state index in [0.29, 0.717) is 0 Å². The zero-order valence-electron chi connectivity index (χ0n) is 12.2. The molecule has 1 aromatic heterocycles. The fourth-order valence-electron chi connectivity index (χ4n) is 3.23. The zero-order chi connectivity index (χ0) is 13.9. The van der Waals surface area contributed by atoms with Gasteiger partial charge in [0.25, 0.3) is 0 Å². The van der Waals surface area contributed by atoms with E-state index >= 15 is 0 Å². The Balaban J connectivity index is 1.68. The van der Waals surface area contributed by atoms with Crippen LogP contribution in [0.25, 0.3) is 11.3 Å². The second kappa shape index (κ2) is 5.80. The van der Waals surface area contributed by atoms with Crippen molar-refractivity contribution in [2.24, 2.45) is 11.8 Å². The van der Waals surface area contributed by atoms with Gasteiger partial charge < -0.3 is 4.42 Å². The van der Waals surface area contributed by atoms with Gasteiger partial charge in [0.2, 0.25) is 5.89 Å². The van der Waals surface area contributed by atoms with Gasteiger partial charge in [-0.1, -0.05) is 44.2 Å². The summed E-state index contributed by atoms with van der Waals surface area (Å²) in [6, 6.07) is 10.2. The Morgan fingerprint density at radius 2 is 1.85 bits per heavy atom. The minimum atomic E-state index is 0.766. The monoisotopic (exact) mass is 270 g/mol. The molecule has 1 fully saturated rings. The van der Waals surface area contributed by atoms with Gasteiger partial charge >= 0.3 is 0 Å². The molecular weight excluding hydrogens is 248 g/mol. The molecule has 2 aromatic rings. The summed E-state index contributed by atoms with van der Waals surface area (Å²) in [6.45, 7) is 7.77. The molecule has 3 rings (SSSR count). The van der Waals surface area contributed by atoms with Crippen molar-refractivity contribution in [3.05, 3.63) is 42.4 Å². The third kappa shape index (κ3) is 3.10. The maximum atomic E-state index is 5.89. The van der Waals surface area contributed by atoms with Crippen molar-refractivity contribution >= 4 is 0 Å². The first-order chi connectivity index (χ1) is 9.70. The molecule has 0 saturated carbocycles. The van der Waals surface area contributed by atoms with Gasteiger partial charge in [-0.2, -0.15) is 0 Å². The molecule has 3 nitrogen and oxygen atoms in total. The largest absolute Gasteiger partial charge is 0.439 e. The SMILES string of the molecule is CC1CC(C)CN(Cc2ncc(-c3ccccc3)o2)C1. The molecule has 2 atom stereocenters. The van der Waals surface area contributed by atoms with Gasteiger partial charge in [0.05, 0.1) is 12.7 Å². The van der Waals surface area contributed by atoms with E-state index in [9.17, 15) is 0 Å². The molecule has 1 aliphatic rings. The number of hydrogen-bond acceptors (Lipinski definition) is 3. The van der Waals surface area contributed by atoms with Crippen LogP contribution in [0.15, 0.2) is 40.9 Å². The molecule has 2 unspecified atom stereocenters. The van der Waals surface area contributed by atoms with E-state index in [0.717, 1.165) is 48.7 Å². The summed E-state index contributed by atoms with van der Waals surface area (Å²) in [6.07, 6.45) is 3.17. The minimum Gasteiger partial charge on any atom is -0.439 e. The molecular formula is C17H22N2O. The number of oxazole rings is 1. The molecule has 0 amide bonds. The lowest BCUT2D eigenvalue weighted by molar-refractivity contribution is 0.124. The van der Waals surface area contributed by atoms with Crippen molar-refractivity contribution in [2.75, 3.05) is 13.1 Å². The van der Waals surface area contributed by atoms with Crippen LogP contribution in [0.2, 0.25) is 0 Å². The second-order valence-corrected chi connectivity index (χ2v) is 6.12. The van der Waals surface area contributed by atoms with Gasteiger partial charge in [-0.15, -0.1) is 0 Å². The van der Waals surface area contributed by atoms with Crippen LogP contribution in [-0.4, -0.2) is 23.0 Å². The Bertz CT molecular complexity index is 539. The van der Waals surface area contributed by atoms with E-state index in [4.69, 9.17) is 4.42 Å². The predicted octanol–water partition coefficient (Wildman–Crippen LogP) is 3.82. The third-order valence-electron chi connectivity index (χ3n) is 3.92. The second-order valence-electron chi connectivity index (χ2n) is 6.12. The summed E-state index contributed by atoms with van der Waals surface area (Å²) in [4.78, 5) is 6.89. The van der Waals surface area contributed by atoms with Crippen molar-refractivity contribution < 1.29 is 4.42 Å². The van der Waals surface area contributed by atoms with Crippen LogP contribution < -0.4 is 0 Å². The molecule has 3 heteroatoms. The van der Waals surface area contributed by atoms with Crippen LogP contribution in [0.5, 0.6) is 0 Å². The Hall–Kier alpha value is -1.61. The average Bonchev–Trinajstić information content (AvgIpc) is 2.87. The van der Waals surface area contributed by atoms with Crippen LogP contribution in [0.3, 0.4) is 0 Å². The molecule has 20 heavy (non-hydrogen) atoms. The highest BCUT2D eigenvalue weighted by Crippen LogP contribution is 2.24. The standard InChI is InChI=1S/C17H22N2O/c1-13-8-14(2)11-19(10-13)12-17-18-9-16(20-17)15-6-4-3-5-7-15/h3-7,9,13-14H,8,10-12H2,1-2H3. The molecule has 0 aliphatic carbocycles. The first-order valence-corrected chi connectivity index (χ1v) is 7.43. The van der Waals surface area contributed by atoms with Gasteiger partial charge in [0.1, 0.15) is 0 Å². The van der Waals surface area contributed by atoms with Crippen molar-refractivity contribution in [2.45, 2.75) is 26.8 Å². The molecule has 1 aromatic carbocycles. The predicted molar refractivity (Wildman–Crippen MR) is 80.2 cm³/mol. The van der Waals surface area contributed by atoms with Crippen LogP contribution >= 0.6 is 0 Å². The van der Waals surface area contributed by atoms with Crippen LogP contribution in [0.4, 0.5) is 0 Å². The van der Waals surface area contributed by atoms with Gasteiger partial charge in [-0.05, 0) is 18.3 Å². The summed E-state index contributed by atoms with van der Waals surface area (Å²) < 4.78 is 5.89. The lowest BCUT2D eigenvalue weighted by Gasteiger charge is -2.34. The average molecular weight is 270 g/mol. The topological polar surface area (TPSA) is 29.3 Å². The highest BCUT2D eigenvalue weighted by molar-refractivity contribution is 5.55. The zero-order valence-corrected chi connectivity index (χ0v) is 12.2. The molecule has 0 bridgehead atoms. The van der Waals surface area contributed by atoms with Gasteiger partial charge in [0.15, 0.2) is 5.76 Å². The highest BCUT2D eigenvalue weighted by atomic mass is 16.4. The lowest BCUT2D eigenvalue weighted by Crippen LogP contribution is -2.38. The lowest BCUT2D eigenvalue weighted by atomic mass is 9.92. The van der Waals surface area contributed by atoms with Gasteiger partial charge in [-0.3, -0.25) is 4.90 Å². The minimum absolute atomic E-state index is 0.766. The summed E-state index contributed by atoms with van der Waals surface area (Å²) >= 11 is 0. The van der Waals surface area contributed by atoms with Gasteiger partial charge in [0, 0.05) is 18.7 Å². The van der Waals surface area contributed by atoms with Crippen molar-refractivity contribution in [3.8, 4) is 11.3 Å². The van der Waals surface area contributed by atoms with E-state index in [1.54, 1.807) is 0 Å². The van der Waals surface area contributed by atoms with Crippen molar-refractivity contribution in [1.29, 1.82) is 0 Å². The Labute approximate surface area is 120 Å². The first kappa shape index (κ1) is 13.4. The maximum Gasteiger partial charge on any atom is 0.209 e. The Kier molecular flexibility index (Phi) is 3.88. The maximum absolute atomic E-state index is 5.89. The fourth-order valence-corrected chi connectivity index (χ4v) is 3.23. The first-order valence-electron chi connectivity index (χ1n) is 7.43. The van der Waals surface area contributed by atoms with Crippen LogP contribution in [0.1, 0.15) is 26.2 Å². The summed E-state index contributed by atoms with van der Waals surface area (Å²) in [7, 11) is 0. The third-order valence-corrected chi connectivity index (χ3v) is 3.92. The normalized spacial score (nSPS) is 23.9. The molecule has 0 spiro atoms. The Morgan fingerprint density at radius 1 is 1.15 bits per heavy atom.